The molecule has 3 rings (SSSR count). The van der Waals surface area contributed by atoms with Gasteiger partial charge < -0.3 is 14.8 Å². The van der Waals surface area contributed by atoms with Gasteiger partial charge in [0.1, 0.15) is 11.5 Å². The molecule has 0 radical (unpaired) electrons. The lowest BCUT2D eigenvalue weighted by Gasteiger charge is -2.28. The van der Waals surface area contributed by atoms with Crippen molar-refractivity contribution < 1.29 is 14.3 Å². The molecule has 1 amide bonds. The summed E-state index contributed by atoms with van der Waals surface area (Å²) in [6, 6.07) is 14.9. The fourth-order valence-electron chi connectivity index (χ4n) is 3.33. The van der Waals surface area contributed by atoms with E-state index in [0.29, 0.717) is 17.4 Å². The van der Waals surface area contributed by atoms with Crippen molar-refractivity contribution >= 4 is 23.2 Å². The van der Waals surface area contributed by atoms with Crippen LogP contribution in [0.4, 0.5) is 5.69 Å². The van der Waals surface area contributed by atoms with Crippen LogP contribution in [0, 0.1) is 5.92 Å². The Morgan fingerprint density at radius 1 is 1.08 bits per heavy atom. The summed E-state index contributed by atoms with van der Waals surface area (Å²) in [5, 5.41) is 3.60. The second kappa shape index (κ2) is 8.95. The first-order valence-electron chi connectivity index (χ1n) is 8.98. The molecule has 2 aromatic carbocycles. The van der Waals surface area contributed by atoms with E-state index in [1.54, 1.807) is 19.2 Å². The number of hydrogen-bond donors (Lipinski definition) is 1. The van der Waals surface area contributed by atoms with Crippen LogP contribution in [0.5, 0.6) is 11.5 Å². The molecule has 0 bridgehead atoms. The summed E-state index contributed by atoms with van der Waals surface area (Å²) in [5.74, 6) is 2.11. The van der Waals surface area contributed by atoms with Gasteiger partial charge in [-0.3, -0.25) is 4.79 Å². The van der Waals surface area contributed by atoms with Gasteiger partial charge in [-0.15, -0.1) is 0 Å². The molecule has 0 aromatic heterocycles. The van der Waals surface area contributed by atoms with Gasteiger partial charge in [-0.2, -0.15) is 0 Å². The third-order valence-corrected chi connectivity index (χ3v) is 4.99. The number of carbonyl (C=O) groups excluding carboxylic acids is 1. The Hall–Kier alpha value is -2.20. The summed E-state index contributed by atoms with van der Waals surface area (Å²) in [7, 11) is 1.65. The molecular formula is C21H24ClNO3. The molecule has 26 heavy (non-hydrogen) atoms. The van der Waals surface area contributed by atoms with Gasteiger partial charge in [-0.05, 0) is 68.0 Å². The fraction of sp³-hybridized carbons (Fsp3) is 0.381. The Kier molecular flexibility index (Phi) is 6.40. The summed E-state index contributed by atoms with van der Waals surface area (Å²) < 4.78 is 11.3. The van der Waals surface area contributed by atoms with Gasteiger partial charge in [-0.1, -0.05) is 17.7 Å². The minimum Gasteiger partial charge on any atom is -0.497 e. The molecule has 5 heteroatoms. The van der Waals surface area contributed by atoms with E-state index in [1.807, 2.05) is 36.4 Å². The van der Waals surface area contributed by atoms with Crippen LogP contribution in [-0.2, 0) is 4.79 Å². The van der Waals surface area contributed by atoms with Crippen LogP contribution in [-0.4, -0.2) is 19.1 Å². The number of nitrogens with one attached hydrogen (secondary N) is 1. The Morgan fingerprint density at radius 3 is 2.46 bits per heavy atom. The predicted molar refractivity (Wildman–Crippen MR) is 104 cm³/mol. The first kappa shape index (κ1) is 18.6. The minimum atomic E-state index is 0.0597. The molecule has 1 fully saturated rings. The van der Waals surface area contributed by atoms with Crippen molar-refractivity contribution in [3.63, 3.8) is 0 Å². The third-order valence-electron chi connectivity index (χ3n) is 4.74. The van der Waals surface area contributed by atoms with Crippen molar-refractivity contribution in [1.82, 2.24) is 0 Å². The van der Waals surface area contributed by atoms with Crippen molar-refractivity contribution in [3.8, 4) is 11.5 Å². The molecule has 0 unspecified atom stereocenters. The summed E-state index contributed by atoms with van der Waals surface area (Å²) in [4.78, 5) is 12.2. The average molecular weight is 374 g/mol. The molecule has 0 heterocycles. The van der Waals surface area contributed by atoms with E-state index >= 15 is 0 Å². The lowest BCUT2D eigenvalue weighted by molar-refractivity contribution is -0.117. The molecule has 4 nitrogen and oxygen atoms in total. The van der Waals surface area contributed by atoms with E-state index in [0.717, 1.165) is 42.9 Å². The highest BCUT2D eigenvalue weighted by Gasteiger charge is 2.24. The van der Waals surface area contributed by atoms with Crippen molar-refractivity contribution in [2.24, 2.45) is 5.92 Å². The summed E-state index contributed by atoms with van der Waals surface area (Å²) >= 11 is 5.86. The zero-order valence-corrected chi connectivity index (χ0v) is 15.7. The van der Waals surface area contributed by atoms with E-state index < -0.39 is 0 Å². The van der Waals surface area contributed by atoms with Gasteiger partial charge in [-0.25, -0.2) is 0 Å². The second-order valence-electron chi connectivity index (χ2n) is 6.70. The molecule has 2 aromatic rings. The number of carbonyl (C=O) groups is 1. The van der Waals surface area contributed by atoms with Gasteiger partial charge in [0.25, 0.3) is 0 Å². The zero-order chi connectivity index (χ0) is 18.4. The molecule has 0 saturated heterocycles. The molecule has 0 aliphatic heterocycles. The lowest BCUT2D eigenvalue weighted by Crippen LogP contribution is -2.26. The monoisotopic (exact) mass is 373 g/mol. The molecule has 1 saturated carbocycles. The van der Waals surface area contributed by atoms with Crippen molar-refractivity contribution in [2.45, 2.75) is 38.2 Å². The predicted octanol–water partition coefficient (Wildman–Crippen LogP) is 5.32. The summed E-state index contributed by atoms with van der Waals surface area (Å²) in [5.41, 5.74) is 0.787. The van der Waals surface area contributed by atoms with E-state index in [2.05, 4.69) is 5.32 Å². The molecule has 138 valence electrons. The van der Waals surface area contributed by atoms with Gasteiger partial charge >= 0.3 is 0 Å². The number of anilines is 1. The molecule has 1 aliphatic carbocycles. The topological polar surface area (TPSA) is 47.6 Å². The highest BCUT2D eigenvalue weighted by atomic mass is 35.5. The molecule has 1 aliphatic rings. The van der Waals surface area contributed by atoms with Crippen LogP contribution >= 0.6 is 11.6 Å². The smallest absolute Gasteiger partial charge is 0.224 e. The first-order chi connectivity index (χ1) is 12.6. The standard InChI is InChI=1S/C21H24ClNO3/c1-25-19-3-2-4-20(14-19)26-18-11-5-15(6-12-18)13-21(24)23-17-9-7-16(22)8-10-17/h2-4,7-10,14-15,18H,5-6,11-13H2,1H3,(H,23,24). The van der Waals surface area contributed by atoms with Gasteiger partial charge in [0.15, 0.2) is 0 Å². The summed E-state index contributed by atoms with van der Waals surface area (Å²) in [6.07, 6.45) is 4.70. The number of rotatable bonds is 6. The number of benzene rings is 2. The maximum absolute atomic E-state index is 12.2. The average Bonchev–Trinajstić information content (AvgIpc) is 2.65. The van der Waals surface area contributed by atoms with Crippen molar-refractivity contribution in [3.05, 3.63) is 53.6 Å². The maximum Gasteiger partial charge on any atom is 0.224 e. The van der Waals surface area contributed by atoms with E-state index in [4.69, 9.17) is 21.1 Å². The lowest BCUT2D eigenvalue weighted by atomic mass is 9.85. The van der Waals surface area contributed by atoms with Crippen LogP contribution in [0.25, 0.3) is 0 Å². The Morgan fingerprint density at radius 2 is 1.77 bits per heavy atom. The largest absolute Gasteiger partial charge is 0.497 e. The fourth-order valence-corrected chi connectivity index (χ4v) is 3.45. The van der Waals surface area contributed by atoms with Crippen LogP contribution in [0.3, 0.4) is 0 Å². The Balaban J connectivity index is 1.43. The van der Waals surface area contributed by atoms with Crippen LogP contribution in [0.15, 0.2) is 48.5 Å². The molecule has 0 spiro atoms. The number of amides is 1. The maximum atomic E-state index is 12.2. The SMILES string of the molecule is COc1cccc(OC2CCC(CC(=O)Nc3ccc(Cl)cc3)CC2)c1. The van der Waals surface area contributed by atoms with Crippen LogP contribution in [0.1, 0.15) is 32.1 Å². The number of methoxy groups -OCH3 is 1. The second-order valence-corrected chi connectivity index (χ2v) is 7.14. The summed E-state index contributed by atoms with van der Waals surface area (Å²) in [6.45, 7) is 0. The molecule has 0 atom stereocenters. The Bertz CT molecular complexity index is 724. The number of hydrogen-bond acceptors (Lipinski definition) is 3. The molecular weight excluding hydrogens is 350 g/mol. The van der Waals surface area contributed by atoms with Crippen LogP contribution in [0.2, 0.25) is 5.02 Å². The van der Waals surface area contributed by atoms with Crippen LogP contribution < -0.4 is 14.8 Å². The van der Waals surface area contributed by atoms with Gasteiger partial charge in [0, 0.05) is 23.2 Å². The number of halogens is 1. The third kappa shape index (κ3) is 5.40. The Labute approximate surface area is 159 Å². The van der Waals surface area contributed by atoms with Gasteiger partial charge in [0.05, 0.1) is 13.2 Å². The molecule has 1 N–H and O–H groups in total. The van der Waals surface area contributed by atoms with Crippen molar-refractivity contribution in [1.29, 1.82) is 0 Å². The quantitative estimate of drug-likeness (QED) is 0.745. The normalized spacial score (nSPS) is 19.6. The number of ether oxygens (including phenoxy) is 2. The van der Waals surface area contributed by atoms with E-state index in [-0.39, 0.29) is 12.0 Å². The highest BCUT2D eigenvalue weighted by Crippen LogP contribution is 2.31. The zero-order valence-electron chi connectivity index (χ0n) is 14.9. The van der Waals surface area contributed by atoms with Crippen molar-refractivity contribution in [2.75, 3.05) is 12.4 Å². The minimum absolute atomic E-state index is 0.0597. The van der Waals surface area contributed by atoms with E-state index in [1.165, 1.54) is 0 Å². The first-order valence-corrected chi connectivity index (χ1v) is 9.36. The highest BCUT2D eigenvalue weighted by molar-refractivity contribution is 6.30. The van der Waals surface area contributed by atoms with E-state index in [9.17, 15) is 4.79 Å². The van der Waals surface area contributed by atoms with Gasteiger partial charge in [0.2, 0.25) is 5.91 Å².